The van der Waals surface area contributed by atoms with E-state index < -0.39 is 11.7 Å². The Morgan fingerprint density at radius 1 is 1.00 bits per heavy atom. The van der Waals surface area contributed by atoms with Gasteiger partial charge in [-0.05, 0) is 29.8 Å². The van der Waals surface area contributed by atoms with Crippen molar-refractivity contribution < 1.29 is 9.18 Å². The molecule has 3 aromatic carbocycles. The third kappa shape index (κ3) is 2.68. The van der Waals surface area contributed by atoms with Gasteiger partial charge in [0.15, 0.2) is 0 Å². The number of hydrogen-bond acceptors (Lipinski definition) is 2. The van der Waals surface area contributed by atoms with Crippen molar-refractivity contribution in [2.75, 3.05) is 5.32 Å². The van der Waals surface area contributed by atoms with E-state index in [9.17, 15) is 9.18 Å². The van der Waals surface area contributed by atoms with Crippen LogP contribution < -0.4 is 5.32 Å². The zero-order chi connectivity index (χ0) is 19.1. The van der Waals surface area contributed by atoms with E-state index in [1.807, 2.05) is 48.5 Å². The zero-order valence-electron chi connectivity index (χ0n) is 14.9. The highest BCUT2D eigenvalue weighted by Gasteiger charge is 2.25. The molecule has 1 aliphatic carbocycles. The number of nitrogens with zero attached hydrogens (tertiary/aromatic N) is 1. The number of benzene rings is 3. The zero-order valence-corrected chi connectivity index (χ0v) is 14.9. The molecule has 1 heterocycles. The Balaban J connectivity index is 1.44. The van der Waals surface area contributed by atoms with Gasteiger partial charge in [0.25, 0.3) is 5.91 Å². The van der Waals surface area contributed by atoms with Gasteiger partial charge >= 0.3 is 0 Å². The second-order valence-electron chi connectivity index (χ2n) is 6.77. The minimum atomic E-state index is -0.533. The van der Waals surface area contributed by atoms with Crippen molar-refractivity contribution in [3.8, 4) is 22.5 Å². The number of halogens is 1. The normalized spacial score (nSPS) is 11.8. The SMILES string of the molecule is O=C(Nc1ccc2c(c1)Cc1c(-c3ccccc3)n[nH]c1-2)c1ccccc1F. The van der Waals surface area contributed by atoms with Gasteiger partial charge in [-0.25, -0.2) is 4.39 Å². The van der Waals surface area contributed by atoms with Crippen LogP contribution in [0.4, 0.5) is 10.1 Å². The molecule has 5 rings (SSSR count). The summed E-state index contributed by atoms with van der Waals surface area (Å²) in [5.41, 5.74) is 7.04. The second kappa shape index (κ2) is 6.46. The summed E-state index contributed by atoms with van der Waals surface area (Å²) in [5, 5.41) is 10.4. The van der Waals surface area contributed by atoms with Gasteiger partial charge in [-0.1, -0.05) is 48.5 Å². The van der Waals surface area contributed by atoms with E-state index in [0.29, 0.717) is 5.69 Å². The molecule has 0 unspecified atom stereocenters. The van der Waals surface area contributed by atoms with Crippen molar-refractivity contribution in [1.29, 1.82) is 0 Å². The molecule has 136 valence electrons. The van der Waals surface area contributed by atoms with Crippen LogP contribution in [0.25, 0.3) is 22.5 Å². The molecule has 1 aromatic heterocycles. The first kappa shape index (κ1) is 16.4. The average molecular weight is 369 g/mol. The van der Waals surface area contributed by atoms with Crippen molar-refractivity contribution in [3.05, 3.63) is 95.3 Å². The van der Waals surface area contributed by atoms with Gasteiger partial charge in [0.1, 0.15) is 5.82 Å². The number of carbonyl (C=O) groups excluding carboxylic acids is 1. The maximum atomic E-state index is 13.8. The smallest absolute Gasteiger partial charge is 0.258 e. The molecule has 1 aliphatic rings. The Hall–Kier alpha value is -3.73. The number of anilines is 1. The second-order valence-corrected chi connectivity index (χ2v) is 6.77. The molecule has 0 fully saturated rings. The summed E-state index contributed by atoms with van der Waals surface area (Å²) in [4.78, 5) is 12.4. The Morgan fingerprint density at radius 3 is 2.61 bits per heavy atom. The topological polar surface area (TPSA) is 57.8 Å². The third-order valence-corrected chi connectivity index (χ3v) is 5.03. The lowest BCUT2D eigenvalue weighted by Gasteiger charge is -2.08. The number of nitrogens with one attached hydrogen (secondary N) is 2. The number of rotatable bonds is 3. The van der Waals surface area contributed by atoms with Crippen LogP contribution in [-0.4, -0.2) is 16.1 Å². The monoisotopic (exact) mass is 369 g/mol. The van der Waals surface area contributed by atoms with Crippen molar-refractivity contribution in [3.63, 3.8) is 0 Å². The summed E-state index contributed by atoms with van der Waals surface area (Å²) < 4.78 is 13.8. The number of amides is 1. The highest BCUT2D eigenvalue weighted by molar-refractivity contribution is 6.04. The molecular formula is C23H16FN3O. The predicted molar refractivity (Wildman–Crippen MR) is 107 cm³/mol. The van der Waals surface area contributed by atoms with Crippen LogP contribution in [0.15, 0.2) is 72.8 Å². The highest BCUT2D eigenvalue weighted by Crippen LogP contribution is 2.40. The number of aromatic nitrogens is 2. The lowest BCUT2D eigenvalue weighted by atomic mass is 10.1. The molecule has 2 N–H and O–H groups in total. The van der Waals surface area contributed by atoms with Gasteiger partial charge in [0.05, 0.1) is 17.0 Å². The minimum absolute atomic E-state index is 0.0313. The molecule has 5 heteroatoms. The summed E-state index contributed by atoms with van der Waals surface area (Å²) in [7, 11) is 0. The fourth-order valence-corrected chi connectivity index (χ4v) is 3.69. The van der Waals surface area contributed by atoms with Gasteiger partial charge in [0.2, 0.25) is 0 Å². The Bertz CT molecular complexity index is 1200. The van der Waals surface area contributed by atoms with Gasteiger partial charge in [-0.15, -0.1) is 0 Å². The first-order valence-corrected chi connectivity index (χ1v) is 9.02. The van der Waals surface area contributed by atoms with Crippen molar-refractivity contribution in [2.45, 2.75) is 6.42 Å². The van der Waals surface area contributed by atoms with Gasteiger partial charge in [-0.2, -0.15) is 5.10 Å². The number of fused-ring (bicyclic) bond motifs is 3. The van der Waals surface area contributed by atoms with Crippen molar-refractivity contribution in [2.24, 2.45) is 0 Å². The van der Waals surface area contributed by atoms with E-state index >= 15 is 0 Å². The quantitative estimate of drug-likeness (QED) is 0.468. The summed E-state index contributed by atoms with van der Waals surface area (Å²) in [6.07, 6.45) is 0.731. The van der Waals surface area contributed by atoms with E-state index in [0.717, 1.165) is 40.1 Å². The molecule has 0 aliphatic heterocycles. The van der Waals surface area contributed by atoms with Crippen LogP contribution >= 0.6 is 0 Å². The van der Waals surface area contributed by atoms with E-state index in [4.69, 9.17) is 0 Å². The maximum Gasteiger partial charge on any atom is 0.258 e. The molecule has 0 atom stereocenters. The maximum absolute atomic E-state index is 13.8. The van der Waals surface area contributed by atoms with Crippen LogP contribution in [0.3, 0.4) is 0 Å². The summed E-state index contributed by atoms with van der Waals surface area (Å²) in [6, 6.07) is 21.7. The van der Waals surface area contributed by atoms with Crippen LogP contribution in [0.1, 0.15) is 21.5 Å². The lowest BCUT2D eigenvalue weighted by molar-refractivity contribution is 0.102. The first-order chi connectivity index (χ1) is 13.7. The molecule has 0 spiro atoms. The largest absolute Gasteiger partial charge is 0.322 e. The highest BCUT2D eigenvalue weighted by atomic mass is 19.1. The van der Waals surface area contributed by atoms with Crippen molar-refractivity contribution in [1.82, 2.24) is 10.2 Å². The van der Waals surface area contributed by atoms with Gasteiger partial charge < -0.3 is 5.32 Å². The molecular weight excluding hydrogens is 353 g/mol. The third-order valence-electron chi connectivity index (χ3n) is 5.03. The number of aromatic amines is 1. The van der Waals surface area contributed by atoms with E-state index in [-0.39, 0.29) is 5.56 Å². The molecule has 1 amide bonds. The molecule has 0 saturated carbocycles. The van der Waals surface area contributed by atoms with Gasteiger partial charge in [0, 0.05) is 28.8 Å². The first-order valence-electron chi connectivity index (χ1n) is 9.02. The summed E-state index contributed by atoms with van der Waals surface area (Å²) in [6.45, 7) is 0. The number of carbonyl (C=O) groups is 1. The molecule has 0 saturated heterocycles. The van der Waals surface area contributed by atoms with Crippen LogP contribution in [0.2, 0.25) is 0 Å². The van der Waals surface area contributed by atoms with E-state index in [1.165, 1.54) is 12.1 Å². The van der Waals surface area contributed by atoms with E-state index in [1.54, 1.807) is 12.1 Å². The minimum Gasteiger partial charge on any atom is -0.322 e. The Labute approximate surface area is 161 Å². The standard InChI is InChI=1S/C23H16FN3O/c24-20-9-5-4-8-18(20)23(28)25-16-10-11-17-15(12-16)13-19-21(26-27-22(17)19)14-6-2-1-3-7-14/h1-12H,13H2,(H,25,28)(H,26,27). The van der Waals surface area contributed by atoms with Gasteiger partial charge in [-0.3, -0.25) is 9.89 Å². The summed E-state index contributed by atoms with van der Waals surface area (Å²) >= 11 is 0. The Morgan fingerprint density at radius 2 is 1.79 bits per heavy atom. The molecule has 4 nitrogen and oxygen atoms in total. The fraction of sp³-hybridized carbons (Fsp3) is 0.0435. The molecule has 4 aromatic rings. The van der Waals surface area contributed by atoms with Crippen LogP contribution in [0.5, 0.6) is 0 Å². The average Bonchev–Trinajstić information content (AvgIpc) is 3.27. The molecule has 0 radical (unpaired) electrons. The summed E-state index contributed by atoms with van der Waals surface area (Å²) in [5.74, 6) is -0.990. The fourth-order valence-electron chi connectivity index (χ4n) is 3.69. The Kier molecular flexibility index (Phi) is 3.79. The van der Waals surface area contributed by atoms with Crippen molar-refractivity contribution >= 4 is 11.6 Å². The van der Waals surface area contributed by atoms with Crippen LogP contribution in [0, 0.1) is 5.82 Å². The lowest BCUT2D eigenvalue weighted by Crippen LogP contribution is -2.13. The van der Waals surface area contributed by atoms with E-state index in [2.05, 4.69) is 15.5 Å². The van der Waals surface area contributed by atoms with Crippen LogP contribution in [-0.2, 0) is 6.42 Å². The number of H-pyrrole nitrogens is 1. The molecule has 0 bridgehead atoms. The molecule has 28 heavy (non-hydrogen) atoms. The number of hydrogen-bond donors (Lipinski definition) is 2. The predicted octanol–water partition coefficient (Wildman–Crippen LogP) is 5.04.